The van der Waals surface area contributed by atoms with E-state index in [4.69, 9.17) is 0 Å². The van der Waals surface area contributed by atoms with Gasteiger partial charge in [-0.1, -0.05) is 45.7 Å². The quantitative estimate of drug-likeness (QED) is 0.535. The predicted octanol–water partition coefficient (Wildman–Crippen LogP) is 3.36. The lowest BCUT2D eigenvalue weighted by atomic mass is 9.87. The van der Waals surface area contributed by atoms with Crippen LogP contribution < -0.4 is 16.0 Å². The van der Waals surface area contributed by atoms with Gasteiger partial charge in [-0.05, 0) is 42.4 Å². The van der Waals surface area contributed by atoms with E-state index in [0.29, 0.717) is 19.5 Å². The maximum absolute atomic E-state index is 12.6. The van der Waals surface area contributed by atoms with E-state index in [1.807, 2.05) is 24.3 Å². The summed E-state index contributed by atoms with van der Waals surface area (Å²) in [7, 11) is 0. The topological polar surface area (TPSA) is 90.5 Å². The first-order chi connectivity index (χ1) is 13.2. The van der Waals surface area contributed by atoms with Gasteiger partial charge >= 0.3 is 12.1 Å². The second-order valence-corrected chi connectivity index (χ2v) is 8.74. The lowest BCUT2D eigenvalue weighted by molar-refractivity contribution is -0.131. The summed E-state index contributed by atoms with van der Waals surface area (Å²) in [5.74, 6) is -0.113. The van der Waals surface area contributed by atoms with Crippen LogP contribution in [0.4, 0.5) is 15.3 Å². The standard InChI is InChI=1S/C21H30N4O3/c1-20(2,3)15-7-9-16(10-8-15)23-18(27)22-13-6-14-25-17(26)21(24-19(25)28)11-4-5-12-21/h7-10H,4-6,11-14H2,1-3H3,(H,24,28)(H2,22,23,27). The second kappa shape index (κ2) is 7.81. The molecule has 1 aliphatic heterocycles. The van der Waals surface area contributed by atoms with Gasteiger partial charge in [0.25, 0.3) is 5.91 Å². The van der Waals surface area contributed by atoms with Crippen molar-refractivity contribution in [2.75, 3.05) is 18.4 Å². The number of imide groups is 1. The van der Waals surface area contributed by atoms with Crippen molar-refractivity contribution in [2.45, 2.75) is 63.8 Å². The average Bonchev–Trinajstić information content (AvgIpc) is 3.18. The first kappa shape index (κ1) is 20.2. The summed E-state index contributed by atoms with van der Waals surface area (Å²) in [4.78, 5) is 38.0. The first-order valence-corrected chi connectivity index (χ1v) is 10.0. The largest absolute Gasteiger partial charge is 0.338 e. The van der Waals surface area contributed by atoms with Crippen LogP contribution in [0.2, 0.25) is 0 Å². The SMILES string of the molecule is CC(C)(C)c1ccc(NC(=O)NCCCN2C(=O)NC3(CCCC3)C2=O)cc1. The van der Waals surface area contributed by atoms with E-state index >= 15 is 0 Å². The molecule has 1 aromatic carbocycles. The van der Waals surface area contributed by atoms with Crippen LogP contribution in [0.1, 0.15) is 58.4 Å². The molecular formula is C21H30N4O3. The van der Waals surface area contributed by atoms with Crippen molar-refractivity contribution >= 4 is 23.7 Å². The molecule has 1 aromatic rings. The first-order valence-electron chi connectivity index (χ1n) is 10.0. The molecule has 0 radical (unpaired) electrons. The van der Waals surface area contributed by atoms with Crippen molar-refractivity contribution < 1.29 is 14.4 Å². The lowest BCUT2D eigenvalue weighted by Crippen LogP contribution is -2.44. The Labute approximate surface area is 166 Å². The zero-order chi connectivity index (χ0) is 20.4. The third-order valence-electron chi connectivity index (χ3n) is 5.56. The fourth-order valence-electron chi connectivity index (χ4n) is 3.86. The van der Waals surface area contributed by atoms with Crippen LogP contribution >= 0.6 is 0 Å². The molecule has 3 N–H and O–H groups in total. The Kier molecular flexibility index (Phi) is 5.63. The minimum atomic E-state index is -0.666. The zero-order valence-corrected chi connectivity index (χ0v) is 16.9. The summed E-state index contributed by atoms with van der Waals surface area (Å²) in [5.41, 5.74) is 1.33. The second-order valence-electron chi connectivity index (χ2n) is 8.74. The van der Waals surface area contributed by atoms with E-state index in [9.17, 15) is 14.4 Å². The molecule has 5 amide bonds. The third kappa shape index (κ3) is 4.29. The summed E-state index contributed by atoms with van der Waals surface area (Å²) in [6, 6.07) is 7.17. The fourth-order valence-corrected chi connectivity index (χ4v) is 3.86. The van der Waals surface area contributed by atoms with Gasteiger partial charge in [0.15, 0.2) is 0 Å². The Morgan fingerprint density at radius 3 is 2.39 bits per heavy atom. The van der Waals surface area contributed by atoms with Crippen molar-refractivity contribution in [3.05, 3.63) is 29.8 Å². The number of urea groups is 2. The smallest absolute Gasteiger partial charge is 0.325 e. The third-order valence-corrected chi connectivity index (χ3v) is 5.56. The van der Waals surface area contributed by atoms with E-state index in [1.54, 1.807) is 0 Å². The number of carbonyl (C=O) groups is 3. The molecule has 0 bridgehead atoms. The lowest BCUT2D eigenvalue weighted by Gasteiger charge is -2.20. The van der Waals surface area contributed by atoms with Crippen LogP contribution in [0.5, 0.6) is 0 Å². The zero-order valence-electron chi connectivity index (χ0n) is 16.9. The Hall–Kier alpha value is -2.57. The van der Waals surface area contributed by atoms with Gasteiger partial charge < -0.3 is 16.0 Å². The van der Waals surface area contributed by atoms with Crippen LogP contribution in [-0.4, -0.2) is 41.5 Å². The number of benzene rings is 1. The van der Waals surface area contributed by atoms with E-state index < -0.39 is 5.54 Å². The van der Waals surface area contributed by atoms with Crippen molar-refractivity contribution in [1.82, 2.24) is 15.5 Å². The molecule has 0 aromatic heterocycles. The highest BCUT2D eigenvalue weighted by atomic mass is 16.2. The normalized spacial score (nSPS) is 18.5. The molecule has 1 saturated carbocycles. The molecule has 3 rings (SSSR count). The maximum Gasteiger partial charge on any atom is 0.325 e. The van der Waals surface area contributed by atoms with Gasteiger partial charge in [0, 0.05) is 18.8 Å². The molecule has 1 saturated heterocycles. The number of carbonyl (C=O) groups excluding carboxylic acids is 3. The number of amides is 5. The number of hydrogen-bond acceptors (Lipinski definition) is 3. The Bertz CT molecular complexity index is 746. The molecular weight excluding hydrogens is 356 g/mol. The van der Waals surface area contributed by atoms with Gasteiger partial charge in [-0.3, -0.25) is 9.69 Å². The van der Waals surface area contributed by atoms with Crippen molar-refractivity contribution in [3.63, 3.8) is 0 Å². The highest BCUT2D eigenvalue weighted by Crippen LogP contribution is 2.35. The predicted molar refractivity (Wildman–Crippen MR) is 108 cm³/mol. The molecule has 1 aliphatic carbocycles. The molecule has 7 heteroatoms. The monoisotopic (exact) mass is 386 g/mol. The van der Waals surface area contributed by atoms with Crippen LogP contribution in [0.3, 0.4) is 0 Å². The van der Waals surface area contributed by atoms with Crippen molar-refractivity contribution in [2.24, 2.45) is 0 Å². The molecule has 1 spiro atoms. The number of nitrogens with one attached hydrogen (secondary N) is 3. The Balaban J connectivity index is 1.41. The van der Waals surface area contributed by atoms with Gasteiger partial charge in [0.2, 0.25) is 0 Å². The van der Waals surface area contributed by atoms with Gasteiger partial charge in [-0.25, -0.2) is 9.59 Å². The van der Waals surface area contributed by atoms with Crippen LogP contribution in [0.15, 0.2) is 24.3 Å². The summed E-state index contributed by atoms with van der Waals surface area (Å²) < 4.78 is 0. The summed E-state index contributed by atoms with van der Waals surface area (Å²) >= 11 is 0. The molecule has 7 nitrogen and oxygen atoms in total. The van der Waals surface area contributed by atoms with E-state index in [-0.39, 0.29) is 23.4 Å². The number of rotatable bonds is 5. The number of hydrogen-bond donors (Lipinski definition) is 3. The molecule has 2 aliphatic rings. The van der Waals surface area contributed by atoms with Gasteiger partial charge in [-0.2, -0.15) is 0 Å². The summed E-state index contributed by atoms with van der Waals surface area (Å²) in [5, 5.41) is 8.43. The summed E-state index contributed by atoms with van der Waals surface area (Å²) in [6.07, 6.45) is 3.91. The average molecular weight is 386 g/mol. The van der Waals surface area contributed by atoms with Gasteiger partial charge in [0.1, 0.15) is 5.54 Å². The Morgan fingerprint density at radius 1 is 1.14 bits per heavy atom. The van der Waals surface area contributed by atoms with Crippen molar-refractivity contribution in [3.8, 4) is 0 Å². The molecule has 1 heterocycles. The van der Waals surface area contributed by atoms with Gasteiger partial charge in [-0.15, -0.1) is 0 Å². The van der Waals surface area contributed by atoms with E-state index in [0.717, 1.165) is 31.4 Å². The number of nitrogens with zero attached hydrogens (tertiary/aromatic N) is 1. The fraction of sp³-hybridized carbons (Fsp3) is 0.571. The molecule has 28 heavy (non-hydrogen) atoms. The molecule has 2 fully saturated rings. The highest BCUT2D eigenvalue weighted by molar-refractivity contribution is 6.07. The van der Waals surface area contributed by atoms with Crippen molar-refractivity contribution in [1.29, 1.82) is 0 Å². The molecule has 0 unspecified atom stereocenters. The molecule has 152 valence electrons. The van der Waals surface area contributed by atoms with E-state index in [1.165, 1.54) is 10.5 Å². The van der Waals surface area contributed by atoms with Gasteiger partial charge in [0.05, 0.1) is 0 Å². The van der Waals surface area contributed by atoms with E-state index in [2.05, 4.69) is 36.7 Å². The van der Waals surface area contributed by atoms with Crippen LogP contribution in [0, 0.1) is 0 Å². The Morgan fingerprint density at radius 2 is 1.79 bits per heavy atom. The minimum absolute atomic E-state index is 0.0666. The minimum Gasteiger partial charge on any atom is -0.338 e. The summed E-state index contributed by atoms with van der Waals surface area (Å²) in [6.45, 7) is 7.12. The molecule has 0 atom stereocenters. The van der Waals surface area contributed by atoms with Crippen LogP contribution in [0.25, 0.3) is 0 Å². The maximum atomic E-state index is 12.6. The van der Waals surface area contributed by atoms with Crippen LogP contribution in [-0.2, 0) is 10.2 Å². The highest BCUT2D eigenvalue weighted by Gasteiger charge is 2.51. The number of anilines is 1.